The molecule has 3 rings (SSSR count). The van der Waals surface area contributed by atoms with E-state index in [1.54, 1.807) is 0 Å². The number of hydrogen-bond acceptors (Lipinski definition) is 2. The maximum atomic E-state index is 4.88. The van der Waals surface area contributed by atoms with Gasteiger partial charge in [-0.1, -0.05) is 43.2 Å². The molecule has 0 amide bonds. The minimum atomic E-state index is 0. The summed E-state index contributed by atoms with van der Waals surface area (Å²) < 4.78 is 0. The van der Waals surface area contributed by atoms with Crippen molar-refractivity contribution in [2.75, 3.05) is 32.7 Å². The van der Waals surface area contributed by atoms with Gasteiger partial charge in [-0.3, -0.25) is 4.99 Å². The molecule has 1 heterocycles. The number of guanidine groups is 1. The molecule has 0 bridgehead atoms. The molecule has 146 valence electrons. The molecule has 5 heteroatoms. The predicted octanol–water partition coefficient (Wildman–Crippen LogP) is 3.67. The smallest absolute Gasteiger partial charge is 0.191 e. The molecule has 1 atom stereocenters. The fourth-order valence-corrected chi connectivity index (χ4v) is 4.00. The molecule has 1 saturated carbocycles. The van der Waals surface area contributed by atoms with E-state index in [9.17, 15) is 0 Å². The van der Waals surface area contributed by atoms with Crippen molar-refractivity contribution in [2.24, 2.45) is 10.9 Å². The van der Waals surface area contributed by atoms with Crippen LogP contribution in [-0.2, 0) is 6.42 Å². The van der Waals surface area contributed by atoms with Crippen LogP contribution in [0.4, 0.5) is 0 Å². The number of likely N-dealkylation sites (tertiary alicyclic amines) is 1. The summed E-state index contributed by atoms with van der Waals surface area (Å²) in [6.07, 6.45) is 7.73. The quantitative estimate of drug-likeness (QED) is 0.363. The molecule has 26 heavy (non-hydrogen) atoms. The number of aliphatic imine (C=N–C) groups is 1. The number of hydrogen-bond donors (Lipinski definition) is 2. The highest BCUT2D eigenvalue weighted by Crippen LogP contribution is 2.18. The van der Waals surface area contributed by atoms with Gasteiger partial charge in [-0.05, 0) is 50.6 Å². The Morgan fingerprint density at radius 1 is 1.15 bits per heavy atom. The van der Waals surface area contributed by atoms with Crippen LogP contribution in [0.25, 0.3) is 0 Å². The van der Waals surface area contributed by atoms with Gasteiger partial charge in [-0.2, -0.15) is 0 Å². The average molecular weight is 470 g/mol. The molecule has 4 nitrogen and oxygen atoms in total. The zero-order valence-corrected chi connectivity index (χ0v) is 18.5. The first-order chi connectivity index (χ1) is 12.3. The first-order valence-corrected chi connectivity index (χ1v) is 10.1. The Balaban J connectivity index is 0.00000243. The van der Waals surface area contributed by atoms with Crippen LogP contribution in [0.1, 0.15) is 44.6 Å². The van der Waals surface area contributed by atoms with Crippen LogP contribution in [0.15, 0.2) is 35.3 Å². The number of nitrogens with one attached hydrogen (secondary N) is 2. The number of halogens is 1. The maximum Gasteiger partial charge on any atom is 0.191 e. The average Bonchev–Trinajstić information content (AvgIpc) is 3.31. The van der Waals surface area contributed by atoms with E-state index in [-0.39, 0.29) is 24.0 Å². The standard InChI is InChI=1S/C21H34N4.HI/c1-2-22-21(24-20-10-6-7-11-20)23-16-19-13-15-25(17-19)14-12-18-8-4-3-5-9-18;/h3-5,8-9,19-20H,2,6-7,10-17H2,1H3,(H2,22,23,24);1H. The highest BCUT2D eigenvalue weighted by Gasteiger charge is 2.22. The van der Waals surface area contributed by atoms with Crippen LogP contribution in [0.2, 0.25) is 0 Å². The summed E-state index contributed by atoms with van der Waals surface area (Å²) in [7, 11) is 0. The van der Waals surface area contributed by atoms with Gasteiger partial charge in [-0.25, -0.2) is 0 Å². The lowest BCUT2D eigenvalue weighted by molar-refractivity contribution is 0.329. The van der Waals surface area contributed by atoms with E-state index in [0.29, 0.717) is 12.0 Å². The van der Waals surface area contributed by atoms with Crippen molar-refractivity contribution in [3.8, 4) is 0 Å². The molecular formula is C21H35IN4. The molecule has 1 aromatic rings. The Kier molecular flexibility index (Phi) is 9.75. The summed E-state index contributed by atoms with van der Waals surface area (Å²) in [5.74, 6) is 1.73. The van der Waals surface area contributed by atoms with E-state index < -0.39 is 0 Å². The third-order valence-electron chi connectivity index (χ3n) is 5.48. The summed E-state index contributed by atoms with van der Waals surface area (Å²) in [6.45, 7) is 7.62. The van der Waals surface area contributed by atoms with Crippen LogP contribution in [0.5, 0.6) is 0 Å². The van der Waals surface area contributed by atoms with Gasteiger partial charge in [0.05, 0.1) is 0 Å². The van der Waals surface area contributed by atoms with Gasteiger partial charge < -0.3 is 15.5 Å². The first kappa shape index (κ1) is 21.5. The van der Waals surface area contributed by atoms with Crippen molar-refractivity contribution in [2.45, 2.75) is 51.5 Å². The molecule has 1 saturated heterocycles. The minimum absolute atomic E-state index is 0. The number of nitrogens with zero attached hydrogens (tertiary/aromatic N) is 2. The highest BCUT2D eigenvalue weighted by molar-refractivity contribution is 14.0. The summed E-state index contributed by atoms with van der Waals surface area (Å²) >= 11 is 0. The van der Waals surface area contributed by atoms with E-state index in [1.165, 1.54) is 57.3 Å². The molecular weight excluding hydrogens is 435 g/mol. The first-order valence-electron chi connectivity index (χ1n) is 10.1. The largest absolute Gasteiger partial charge is 0.357 e. The Bertz CT molecular complexity index is 528. The third kappa shape index (κ3) is 7.06. The fraction of sp³-hybridized carbons (Fsp3) is 0.667. The lowest BCUT2D eigenvalue weighted by Crippen LogP contribution is -2.42. The summed E-state index contributed by atoms with van der Waals surface area (Å²) in [5.41, 5.74) is 1.44. The van der Waals surface area contributed by atoms with E-state index in [4.69, 9.17) is 4.99 Å². The Hall–Kier alpha value is -0.820. The molecule has 0 aromatic heterocycles. The Morgan fingerprint density at radius 2 is 1.92 bits per heavy atom. The molecule has 1 aromatic carbocycles. The van der Waals surface area contributed by atoms with Gasteiger partial charge in [-0.15, -0.1) is 24.0 Å². The van der Waals surface area contributed by atoms with E-state index in [1.807, 2.05) is 0 Å². The molecule has 1 aliphatic heterocycles. The van der Waals surface area contributed by atoms with Crippen molar-refractivity contribution < 1.29 is 0 Å². The van der Waals surface area contributed by atoms with Crippen LogP contribution in [0.3, 0.4) is 0 Å². The van der Waals surface area contributed by atoms with Crippen molar-refractivity contribution in [1.29, 1.82) is 0 Å². The second-order valence-electron chi connectivity index (χ2n) is 7.54. The van der Waals surface area contributed by atoms with Crippen LogP contribution in [0, 0.1) is 5.92 Å². The van der Waals surface area contributed by atoms with Gasteiger partial charge in [0.15, 0.2) is 5.96 Å². The molecule has 1 unspecified atom stereocenters. The monoisotopic (exact) mass is 470 g/mol. The van der Waals surface area contributed by atoms with Gasteiger partial charge in [0, 0.05) is 32.2 Å². The molecule has 0 spiro atoms. The SMILES string of the molecule is CCNC(=NCC1CCN(CCc2ccccc2)C1)NC1CCCC1.I. The zero-order chi connectivity index (χ0) is 17.3. The maximum absolute atomic E-state index is 4.88. The second kappa shape index (κ2) is 11.8. The van der Waals surface area contributed by atoms with Crippen molar-refractivity contribution in [3.63, 3.8) is 0 Å². The molecule has 2 N–H and O–H groups in total. The molecule has 2 fully saturated rings. The van der Waals surface area contributed by atoms with E-state index in [0.717, 1.165) is 25.5 Å². The number of rotatable bonds is 7. The fourth-order valence-electron chi connectivity index (χ4n) is 4.00. The summed E-state index contributed by atoms with van der Waals surface area (Å²) in [6, 6.07) is 11.5. The molecule has 0 radical (unpaired) electrons. The van der Waals surface area contributed by atoms with Crippen LogP contribution >= 0.6 is 24.0 Å². The van der Waals surface area contributed by atoms with Gasteiger partial charge in [0.25, 0.3) is 0 Å². The third-order valence-corrected chi connectivity index (χ3v) is 5.48. The van der Waals surface area contributed by atoms with Crippen molar-refractivity contribution in [1.82, 2.24) is 15.5 Å². The Labute approximate surface area is 176 Å². The zero-order valence-electron chi connectivity index (χ0n) is 16.1. The lowest BCUT2D eigenvalue weighted by Gasteiger charge is -2.18. The van der Waals surface area contributed by atoms with Gasteiger partial charge in [0.1, 0.15) is 0 Å². The van der Waals surface area contributed by atoms with Crippen molar-refractivity contribution in [3.05, 3.63) is 35.9 Å². The van der Waals surface area contributed by atoms with Crippen molar-refractivity contribution >= 4 is 29.9 Å². The topological polar surface area (TPSA) is 39.7 Å². The highest BCUT2D eigenvalue weighted by atomic mass is 127. The van der Waals surface area contributed by atoms with Gasteiger partial charge in [0.2, 0.25) is 0 Å². The predicted molar refractivity (Wildman–Crippen MR) is 121 cm³/mol. The van der Waals surface area contributed by atoms with E-state index in [2.05, 4.69) is 52.8 Å². The summed E-state index contributed by atoms with van der Waals surface area (Å²) in [4.78, 5) is 7.48. The summed E-state index contributed by atoms with van der Waals surface area (Å²) in [5, 5.41) is 7.04. The van der Waals surface area contributed by atoms with E-state index >= 15 is 0 Å². The van der Waals surface area contributed by atoms with Gasteiger partial charge >= 0.3 is 0 Å². The second-order valence-corrected chi connectivity index (χ2v) is 7.54. The minimum Gasteiger partial charge on any atom is -0.357 e. The molecule has 2 aliphatic rings. The Morgan fingerprint density at radius 3 is 2.65 bits per heavy atom. The van der Waals surface area contributed by atoms with Crippen LogP contribution < -0.4 is 10.6 Å². The lowest BCUT2D eigenvalue weighted by atomic mass is 10.1. The number of benzene rings is 1. The van der Waals surface area contributed by atoms with Crippen LogP contribution in [-0.4, -0.2) is 49.6 Å². The normalized spacial score (nSPS) is 21.6. The molecule has 1 aliphatic carbocycles.